The second kappa shape index (κ2) is 9.72. The zero-order chi connectivity index (χ0) is 19.8. The summed E-state index contributed by atoms with van der Waals surface area (Å²) in [5, 5.41) is 2.61. The van der Waals surface area contributed by atoms with E-state index >= 15 is 0 Å². The first-order valence-corrected chi connectivity index (χ1v) is 9.10. The maximum Gasteiger partial charge on any atom is 0.273 e. The highest BCUT2D eigenvalue weighted by atomic mass is 79.9. The lowest BCUT2D eigenvalue weighted by Gasteiger charge is -2.12. The Morgan fingerprint density at radius 1 is 1.00 bits per heavy atom. The molecule has 0 unspecified atom stereocenters. The van der Waals surface area contributed by atoms with E-state index in [1.54, 1.807) is 42.5 Å². The highest BCUT2D eigenvalue weighted by Crippen LogP contribution is 2.23. The molecular weight excluding hydrogens is 414 g/mol. The van der Waals surface area contributed by atoms with Gasteiger partial charge in [0.15, 0.2) is 0 Å². The fraction of sp³-hybridized carbons (Fsp3) is 0.211. The van der Waals surface area contributed by atoms with Crippen LogP contribution in [0, 0.1) is 0 Å². The van der Waals surface area contributed by atoms with Crippen LogP contribution >= 0.6 is 15.9 Å². The normalized spacial score (nSPS) is 10.0. The lowest BCUT2D eigenvalue weighted by molar-refractivity contribution is -0.114. The van der Waals surface area contributed by atoms with Crippen LogP contribution in [0.5, 0.6) is 5.75 Å². The van der Waals surface area contributed by atoms with Gasteiger partial charge in [-0.15, -0.1) is 0 Å². The zero-order valence-electron chi connectivity index (χ0n) is 15.0. The molecule has 0 saturated carbocycles. The molecule has 142 valence electrons. The number of amides is 3. The number of carbonyl (C=O) groups is 3. The Hall–Kier alpha value is -2.87. The fourth-order valence-corrected chi connectivity index (χ4v) is 2.54. The van der Waals surface area contributed by atoms with E-state index in [1.165, 1.54) is 6.92 Å². The number of hydrogen-bond acceptors (Lipinski definition) is 4. The lowest BCUT2D eigenvalue weighted by atomic mass is 10.2. The van der Waals surface area contributed by atoms with Gasteiger partial charge in [-0.3, -0.25) is 25.2 Å². The molecule has 0 bridgehead atoms. The molecule has 0 aliphatic carbocycles. The van der Waals surface area contributed by atoms with E-state index in [-0.39, 0.29) is 5.91 Å². The lowest BCUT2D eigenvalue weighted by Crippen LogP contribution is -2.41. The van der Waals surface area contributed by atoms with Gasteiger partial charge in [-0.2, -0.15) is 0 Å². The average molecular weight is 434 g/mol. The Morgan fingerprint density at radius 2 is 1.67 bits per heavy atom. The first kappa shape index (κ1) is 20.4. The Kier molecular flexibility index (Phi) is 7.36. The van der Waals surface area contributed by atoms with Gasteiger partial charge in [-0.25, -0.2) is 0 Å². The second-order valence-corrected chi connectivity index (χ2v) is 6.57. The van der Waals surface area contributed by atoms with Gasteiger partial charge in [-0.05, 0) is 48.9 Å². The molecule has 0 heterocycles. The Morgan fingerprint density at radius 3 is 2.30 bits per heavy atom. The molecule has 0 aliphatic rings. The molecule has 2 rings (SSSR count). The number of anilines is 1. The van der Waals surface area contributed by atoms with E-state index in [1.807, 2.05) is 6.92 Å². The van der Waals surface area contributed by atoms with Crippen molar-refractivity contribution in [3.8, 4) is 5.75 Å². The van der Waals surface area contributed by atoms with Crippen molar-refractivity contribution in [1.29, 1.82) is 0 Å². The van der Waals surface area contributed by atoms with Crippen molar-refractivity contribution in [3.63, 3.8) is 0 Å². The van der Waals surface area contributed by atoms with Gasteiger partial charge in [0.25, 0.3) is 11.8 Å². The van der Waals surface area contributed by atoms with E-state index in [4.69, 9.17) is 4.74 Å². The van der Waals surface area contributed by atoms with Gasteiger partial charge in [0.2, 0.25) is 5.91 Å². The number of nitrogens with one attached hydrogen (secondary N) is 3. The number of hydrogen-bond donors (Lipinski definition) is 3. The van der Waals surface area contributed by atoms with E-state index in [0.29, 0.717) is 29.2 Å². The first-order valence-electron chi connectivity index (χ1n) is 8.31. The summed E-state index contributed by atoms with van der Waals surface area (Å²) in [6, 6.07) is 11.4. The topological polar surface area (TPSA) is 96.5 Å². The summed E-state index contributed by atoms with van der Waals surface area (Å²) < 4.78 is 6.29. The van der Waals surface area contributed by atoms with Gasteiger partial charge in [0.05, 0.1) is 12.2 Å². The molecule has 0 saturated heterocycles. The molecule has 3 N–H and O–H groups in total. The Labute approximate surface area is 165 Å². The number of benzene rings is 2. The van der Waals surface area contributed by atoms with E-state index in [9.17, 15) is 14.4 Å². The number of rotatable bonds is 6. The van der Waals surface area contributed by atoms with E-state index in [2.05, 4.69) is 32.1 Å². The molecule has 0 atom stereocenters. The molecule has 2 aromatic carbocycles. The van der Waals surface area contributed by atoms with Gasteiger partial charge < -0.3 is 10.1 Å². The van der Waals surface area contributed by atoms with Gasteiger partial charge in [0, 0.05) is 22.6 Å². The largest absolute Gasteiger partial charge is 0.493 e. The van der Waals surface area contributed by atoms with Crippen LogP contribution in [-0.4, -0.2) is 24.3 Å². The third kappa shape index (κ3) is 6.10. The standard InChI is InChI=1S/C19H20BrN3O4/c1-3-10-27-17-9-6-14(20)11-16(17)19(26)23-22-18(25)13-4-7-15(8-5-13)21-12(2)24/h4-9,11H,3,10H2,1-2H3,(H,21,24)(H,22,25)(H,23,26). The average Bonchev–Trinajstić information content (AvgIpc) is 2.65. The minimum atomic E-state index is -0.495. The maximum absolute atomic E-state index is 12.4. The van der Waals surface area contributed by atoms with Crippen molar-refractivity contribution in [3.05, 3.63) is 58.1 Å². The Balaban J connectivity index is 2.01. The Bertz CT molecular complexity index is 837. The monoisotopic (exact) mass is 433 g/mol. The van der Waals surface area contributed by atoms with Crippen molar-refractivity contribution >= 4 is 39.3 Å². The van der Waals surface area contributed by atoms with E-state index < -0.39 is 11.8 Å². The SMILES string of the molecule is CCCOc1ccc(Br)cc1C(=O)NNC(=O)c1ccc(NC(C)=O)cc1. The van der Waals surface area contributed by atoms with Crippen LogP contribution < -0.4 is 20.9 Å². The molecule has 27 heavy (non-hydrogen) atoms. The molecule has 0 radical (unpaired) electrons. The third-order valence-corrected chi connectivity index (χ3v) is 3.90. The maximum atomic E-state index is 12.4. The van der Waals surface area contributed by atoms with Gasteiger partial charge in [0.1, 0.15) is 5.75 Å². The molecule has 7 nitrogen and oxygen atoms in total. The molecular formula is C19H20BrN3O4. The number of carbonyl (C=O) groups excluding carboxylic acids is 3. The van der Waals surface area contributed by atoms with Crippen molar-refractivity contribution in [2.24, 2.45) is 0 Å². The minimum absolute atomic E-state index is 0.199. The summed E-state index contributed by atoms with van der Waals surface area (Å²) in [7, 11) is 0. The molecule has 8 heteroatoms. The smallest absolute Gasteiger partial charge is 0.273 e. The van der Waals surface area contributed by atoms with Crippen LogP contribution in [0.15, 0.2) is 46.9 Å². The number of halogens is 1. The number of hydrazine groups is 1. The second-order valence-electron chi connectivity index (χ2n) is 5.66. The fourth-order valence-electron chi connectivity index (χ4n) is 2.18. The predicted molar refractivity (Wildman–Crippen MR) is 106 cm³/mol. The van der Waals surface area contributed by atoms with Crippen molar-refractivity contribution in [2.75, 3.05) is 11.9 Å². The molecule has 0 aromatic heterocycles. The van der Waals surface area contributed by atoms with Crippen molar-refractivity contribution in [2.45, 2.75) is 20.3 Å². The summed E-state index contributed by atoms with van der Waals surface area (Å²) in [5.74, 6) is -0.740. The first-order chi connectivity index (χ1) is 12.9. The summed E-state index contributed by atoms with van der Waals surface area (Å²) in [5.41, 5.74) is 5.96. The van der Waals surface area contributed by atoms with Gasteiger partial charge >= 0.3 is 0 Å². The minimum Gasteiger partial charge on any atom is -0.493 e. The predicted octanol–water partition coefficient (Wildman–Crippen LogP) is 3.27. The molecule has 0 aliphatic heterocycles. The van der Waals surface area contributed by atoms with Crippen LogP contribution in [0.25, 0.3) is 0 Å². The summed E-state index contributed by atoms with van der Waals surface area (Å²) >= 11 is 3.32. The van der Waals surface area contributed by atoms with Crippen LogP contribution in [0.4, 0.5) is 5.69 Å². The highest BCUT2D eigenvalue weighted by molar-refractivity contribution is 9.10. The van der Waals surface area contributed by atoms with E-state index in [0.717, 1.165) is 10.9 Å². The third-order valence-electron chi connectivity index (χ3n) is 3.40. The quantitative estimate of drug-likeness (QED) is 0.608. The highest BCUT2D eigenvalue weighted by Gasteiger charge is 2.15. The van der Waals surface area contributed by atoms with Crippen LogP contribution in [0.3, 0.4) is 0 Å². The summed E-state index contributed by atoms with van der Waals surface area (Å²) in [6.45, 7) is 3.85. The molecule has 2 aromatic rings. The van der Waals surface area contributed by atoms with Crippen LogP contribution in [0.2, 0.25) is 0 Å². The summed E-state index contributed by atoms with van der Waals surface area (Å²) in [6.07, 6.45) is 0.808. The van der Waals surface area contributed by atoms with Crippen molar-refractivity contribution < 1.29 is 19.1 Å². The molecule has 3 amide bonds. The van der Waals surface area contributed by atoms with Crippen molar-refractivity contribution in [1.82, 2.24) is 10.9 Å². The number of ether oxygens (including phenoxy) is 1. The zero-order valence-corrected chi connectivity index (χ0v) is 16.6. The summed E-state index contributed by atoms with van der Waals surface area (Å²) in [4.78, 5) is 35.6. The van der Waals surface area contributed by atoms with Crippen LogP contribution in [-0.2, 0) is 4.79 Å². The van der Waals surface area contributed by atoms with Crippen LogP contribution in [0.1, 0.15) is 41.0 Å². The molecule has 0 fully saturated rings. The van der Waals surface area contributed by atoms with Gasteiger partial charge in [-0.1, -0.05) is 22.9 Å². The molecule has 0 spiro atoms.